The minimum atomic E-state index is -1.04. The topological polar surface area (TPSA) is 60.8 Å². The summed E-state index contributed by atoms with van der Waals surface area (Å²) >= 11 is 0. The van der Waals surface area contributed by atoms with Crippen molar-refractivity contribution in [3.05, 3.63) is 29.6 Å². The Balaban J connectivity index is 2.35. The molecule has 0 radical (unpaired) electrons. The molecule has 5 heteroatoms. The van der Waals surface area contributed by atoms with E-state index in [9.17, 15) is 14.3 Å². The summed E-state index contributed by atoms with van der Waals surface area (Å²) in [5.41, 5.74) is 0.347. The SMILES string of the molecule is O=C(O)N1CCCC1c1cc(F)ccc1O. The molecular weight excluding hydrogens is 213 g/mol. The molecule has 0 saturated carbocycles. The molecule has 1 saturated heterocycles. The minimum absolute atomic E-state index is 0.0560. The van der Waals surface area contributed by atoms with Gasteiger partial charge in [0.05, 0.1) is 6.04 Å². The fraction of sp³-hybridized carbons (Fsp3) is 0.364. The Morgan fingerprint density at radius 2 is 2.25 bits per heavy atom. The molecule has 4 nitrogen and oxygen atoms in total. The second-order valence-electron chi connectivity index (χ2n) is 3.84. The van der Waals surface area contributed by atoms with Gasteiger partial charge in [0.1, 0.15) is 11.6 Å². The van der Waals surface area contributed by atoms with E-state index in [1.54, 1.807) is 0 Å². The molecule has 1 heterocycles. The zero-order valence-corrected chi connectivity index (χ0v) is 8.56. The number of amides is 1. The number of hydrogen-bond acceptors (Lipinski definition) is 2. The molecule has 0 spiro atoms. The van der Waals surface area contributed by atoms with Crippen LogP contribution in [0.5, 0.6) is 5.75 Å². The third-order valence-electron chi connectivity index (χ3n) is 2.85. The lowest BCUT2D eigenvalue weighted by atomic mass is 10.0. The first-order valence-corrected chi connectivity index (χ1v) is 5.07. The van der Waals surface area contributed by atoms with Crippen LogP contribution in [0.25, 0.3) is 0 Å². The third kappa shape index (κ3) is 1.80. The average molecular weight is 225 g/mol. The molecule has 1 aromatic carbocycles. The van der Waals surface area contributed by atoms with Crippen molar-refractivity contribution in [3.63, 3.8) is 0 Å². The van der Waals surface area contributed by atoms with Gasteiger partial charge in [0.15, 0.2) is 0 Å². The van der Waals surface area contributed by atoms with Crippen molar-refractivity contribution in [2.45, 2.75) is 18.9 Å². The molecule has 86 valence electrons. The molecule has 0 aromatic heterocycles. The number of rotatable bonds is 1. The number of carbonyl (C=O) groups is 1. The van der Waals surface area contributed by atoms with Gasteiger partial charge in [0.25, 0.3) is 0 Å². The van der Waals surface area contributed by atoms with Crippen LogP contribution in [0.15, 0.2) is 18.2 Å². The second-order valence-corrected chi connectivity index (χ2v) is 3.84. The van der Waals surface area contributed by atoms with E-state index in [-0.39, 0.29) is 5.75 Å². The predicted octanol–water partition coefficient (Wildman–Crippen LogP) is 2.35. The van der Waals surface area contributed by atoms with Gasteiger partial charge in [-0.25, -0.2) is 9.18 Å². The zero-order valence-electron chi connectivity index (χ0n) is 8.56. The highest BCUT2D eigenvalue weighted by Gasteiger charge is 2.31. The summed E-state index contributed by atoms with van der Waals surface area (Å²) in [6, 6.07) is 3.16. The van der Waals surface area contributed by atoms with E-state index in [4.69, 9.17) is 5.11 Å². The quantitative estimate of drug-likeness (QED) is 0.771. The fourth-order valence-electron chi connectivity index (χ4n) is 2.11. The molecular formula is C11H12FNO3. The lowest BCUT2D eigenvalue weighted by molar-refractivity contribution is 0.139. The maximum atomic E-state index is 13.1. The summed E-state index contributed by atoms with van der Waals surface area (Å²) in [5.74, 6) is -0.524. The van der Waals surface area contributed by atoms with Crippen molar-refractivity contribution in [1.29, 1.82) is 0 Å². The Morgan fingerprint density at radius 1 is 1.50 bits per heavy atom. The van der Waals surface area contributed by atoms with Gasteiger partial charge < -0.3 is 15.1 Å². The highest BCUT2D eigenvalue weighted by atomic mass is 19.1. The van der Waals surface area contributed by atoms with Gasteiger partial charge in [-0.2, -0.15) is 0 Å². The maximum absolute atomic E-state index is 13.1. The number of phenols is 1. The second kappa shape index (κ2) is 4.00. The summed E-state index contributed by atoms with van der Waals surface area (Å²) < 4.78 is 13.1. The van der Waals surface area contributed by atoms with Crippen LogP contribution in [-0.2, 0) is 0 Å². The number of benzene rings is 1. The standard InChI is InChI=1S/C11H12FNO3/c12-7-3-4-10(14)8(6-7)9-2-1-5-13(9)11(15)16/h3-4,6,9,14H,1-2,5H2,(H,15,16). The van der Waals surface area contributed by atoms with Crippen molar-refractivity contribution in [2.24, 2.45) is 0 Å². The average Bonchev–Trinajstić information content (AvgIpc) is 2.70. The first-order valence-electron chi connectivity index (χ1n) is 5.07. The Hall–Kier alpha value is -1.78. The molecule has 2 N–H and O–H groups in total. The monoisotopic (exact) mass is 225 g/mol. The van der Waals surface area contributed by atoms with E-state index in [2.05, 4.69) is 0 Å². The molecule has 2 rings (SSSR count). The van der Waals surface area contributed by atoms with Gasteiger partial charge in [0.2, 0.25) is 0 Å². The van der Waals surface area contributed by atoms with E-state index >= 15 is 0 Å². The van der Waals surface area contributed by atoms with Crippen LogP contribution < -0.4 is 0 Å². The molecule has 1 unspecified atom stereocenters. The van der Waals surface area contributed by atoms with E-state index in [1.807, 2.05) is 0 Å². The van der Waals surface area contributed by atoms with Gasteiger partial charge in [-0.05, 0) is 31.0 Å². The van der Waals surface area contributed by atoms with Crippen LogP contribution in [0.3, 0.4) is 0 Å². The first-order chi connectivity index (χ1) is 7.59. The van der Waals surface area contributed by atoms with Crippen molar-refractivity contribution in [1.82, 2.24) is 4.90 Å². The Bertz CT molecular complexity index is 422. The lowest BCUT2D eigenvalue weighted by Crippen LogP contribution is -2.28. The number of phenolic OH excluding ortho intramolecular Hbond substituents is 1. The van der Waals surface area contributed by atoms with Crippen LogP contribution in [0, 0.1) is 5.82 Å². The molecule has 16 heavy (non-hydrogen) atoms. The summed E-state index contributed by atoms with van der Waals surface area (Å²) in [4.78, 5) is 12.2. The summed E-state index contributed by atoms with van der Waals surface area (Å²) in [5, 5.41) is 18.6. The van der Waals surface area contributed by atoms with Gasteiger partial charge in [-0.1, -0.05) is 0 Å². The Labute approximate surface area is 91.9 Å². The zero-order chi connectivity index (χ0) is 11.7. The van der Waals surface area contributed by atoms with E-state index in [0.717, 1.165) is 12.5 Å². The number of hydrogen-bond donors (Lipinski definition) is 2. The Morgan fingerprint density at radius 3 is 2.94 bits per heavy atom. The van der Waals surface area contributed by atoms with Crippen molar-refractivity contribution in [2.75, 3.05) is 6.54 Å². The van der Waals surface area contributed by atoms with E-state index in [1.165, 1.54) is 17.0 Å². The third-order valence-corrected chi connectivity index (χ3v) is 2.85. The molecule has 1 amide bonds. The smallest absolute Gasteiger partial charge is 0.407 e. The number of likely N-dealkylation sites (tertiary alicyclic amines) is 1. The van der Waals surface area contributed by atoms with Crippen molar-refractivity contribution in [3.8, 4) is 5.75 Å². The maximum Gasteiger partial charge on any atom is 0.407 e. The minimum Gasteiger partial charge on any atom is -0.508 e. The molecule has 1 aromatic rings. The molecule has 0 bridgehead atoms. The number of carboxylic acid groups (broad SMARTS) is 1. The van der Waals surface area contributed by atoms with Crippen molar-refractivity contribution >= 4 is 6.09 Å². The first kappa shape index (κ1) is 10.7. The van der Waals surface area contributed by atoms with Crippen LogP contribution in [0.2, 0.25) is 0 Å². The highest BCUT2D eigenvalue weighted by molar-refractivity contribution is 5.66. The number of aromatic hydroxyl groups is 1. The highest BCUT2D eigenvalue weighted by Crippen LogP contribution is 2.36. The van der Waals surface area contributed by atoms with E-state index < -0.39 is 18.0 Å². The summed E-state index contributed by atoms with van der Waals surface area (Å²) in [6.45, 7) is 0.427. The molecule has 1 aliphatic rings. The van der Waals surface area contributed by atoms with Crippen molar-refractivity contribution < 1.29 is 19.4 Å². The number of nitrogens with zero attached hydrogens (tertiary/aromatic N) is 1. The van der Waals surface area contributed by atoms with Crippen LogP contribution >= 0.6 is 0 Å². The molecule has 1 atom stereocenters. The fourth-order valence-corrected chi connectivity index (χ4v) is 2.11. The number of halogens is 1. The van der Waals surface area contributed by atoms with Gasteiger partial charge in [0, 0.05) is 12.1 Å². The molecule has 1 fully saturated rings. The van der Waals surface area contributed by atoms with Crippen LogP contribution in [0.1, 0.15) is 24.4 Å². The Kier molecular flexibility index (Phi) is 2.68. The van der Waals surface area contributed by atoms with E-state index in [0.29, 0.717) is 18.5 Å². The van der Waals surface area contributed by atoms with Crippen LogP contribution in [0.4, 0.5) is 9.18 Å². The normalized spacial score (nSPS) is 20.1. The lowest BCUT2D eigenvalue weighted by Gasteiger charge is -2.22. The summed E-state index contributed by atoms with van der Waals surface area (Å²) in [7, 11) is 0. The largest absolute Gasteiger partial charge is 0.508 e. The van der Waals surface area contributed by atoms with Crippen LogP contribution in [-0.4, -0.2) is 27.8 Å². The van der Waals surface area contributed by atoms with Gasteiger partial charge >= 0.3 is 6.09 Å². The molecule has 0 aliphatic carbocycles. The molecule has 1 aliphatic heterocycles. The van der Waals surface area contributed by atoms with Gasteiger partial charge in [-0.15, -0.1) is 0 Å². The van der Waals surface area contributed by atoms with Gasteiger partial charge in [-0.3, -0.25) is 0 Å². The summed E-state index contributed by atoms with van der Waals surface area (Å²) in [6.07, 6.45) is 0.308. The predicted molar refractivity (Wildman–Crippen MR) is 54.8 cm³/mol.